The van der Waals surface area contributed by atoms with Gasteiger partial charge in [0.05, 0.1) is 22.5 Å². The van der Waals surface area contributed by atoms with Gasteiger partial charge in [0.15, 0.2) is 0 Å². The lowest BCUT2D eigenvalue weighted by molar-refractivity contribution is -0.143. The van der Waals surface area contributed by atoms with Crippen LogP contribution in [-0.4, -0.2) is 183 Å². The Morgan fingerprint density at radius 2 is 0.687 bits per heavy atom. The monoisotopic (exact) mass is 1380 g/mol. The van der Waals surface area contributed by atoms with Gasteiger partial charge in [-0.2, -0.15) is 0 Å². The van der Waals surface area contributed by atoms with Crippen LogP contribution in [0.5, 0.6) is 0 Å². The fraction of sp³-hybridized carbons (Fsp3) is 0.224. The summed E-state index contributed by atoms with van der Waals surface area (Å²) in [6.07, 6.45) is 2.51. The number of amides is 6. The van der Waals surface area contributed by atoms with Crippen LogP contribution in [0, 0.1) is 0 Å². The van der Waals surface area contributed by atoms with Gasteiger partial charge in [0, 0.05) is 42.4 Å². The summed E-state index contributed by atoms with van der Waals surface area (Å²) in [5.41, 5.74) is 2.10. The molecule has 4 atom stereocenters. The summed E-state index contributed by atoms with van der Waals surface area (Å²) in [5.74, 6) is -15.3. The second kappa shape index (κ2) is 46.8. The van der Waals surface area contributed by atoms with Crippen molar-refractivity contribution in [2.45, 2.75) is 83.5 Å². The second-order valence-corrected chi connectivity index (χ2v) is 20.0. The highest BCUT2D eigenvalue weighted by Gasteiger charge is 2.27. The van der Waals surface area contributed by atoms with Gasteiger partial charge < -0.3 is 72.3 Å². The van der Waals surface area contributed by atoms with Crippen molar-refractivity contribution in [2.75, 3.05) is 22.9 Å². The topological polar surface area (TPSA) is 530 Å². The molecule has 0 aliphatic rings. The molecule has 0 aliphatic carbocycles. The van der Waals surface area contributed by atoms with Gasteiger partial charge in [0.1, 0.15) is 37.3 Å². The minimum absolute atomic E-state index is 0.0253. The van der Waals surface area contributed by atoms with Crippen molar-refractivity contribution in [3.8, 4) is 0 Å². The molecule has 0 bridgehead atoms. The van der Waals surface area contributed by atoms with Gasteiger partial charge in [0.25, 0.3) is 11.8 Å². The van der Waals surface area contributed by atoms with Crippen molar-refractivity contribution in [1.29, 1.82) is 0 Å². The van der Waals surface area contributed by atoms with E-state index in [1.54, 1.807) is 0 Å². The Hall–Kier alpha value is -13.2. The molecule has 4 unspecified atom stereocenters. The molecule has 4 aromatic carbocycles. The van der Waals surface area contributed by atoms with Crippen LogP contribution in [0.3, 0.4) is 0 Å². The molecule has 0 aromatic heterocycles. The zero-order chi connectivity index (χ0) is 76.2. The maximum absolute atomic E-state index is 11.9. The van der Waals surface area contributed by atoms with Gasteiger partial charge >= 0.3 is 59.7 Å². The van der Waals surface area contributed by atoms with Gasteiger partial charge in [-0.15, -0.1) is 0 Å². The molecule has 0 saturated heterocycles. The van der Waals surface area contributed by atoms with Crippen molar-refractivity contribution in [1.82, 2.24) is 21.3 Å². The Bertz CT molecular complexity index is 3620. The number of carboxylic acid groups (broad SMARTS) is 10. The number of carboxylic acids is 10. The molecule has 32 heteroatoms. The van der Waals surface area contributed by atoms with Gasteiger partial charge in [-0.1, -0.05) is 124 Å². The number of anilines is 2. The molecule has 6 amide bonds. The van der Waals surface area contributed by atoms with E-state index < -0.39 is 132 Å². The standard InChI is InChI=1S/C13H13NO5.C13H15NO3.C12H11NO5.C12H13NO3.C9H13NO5.C8H11NO5/c1-8(2)12(17)14(7-11(15)16)10-6-4-3-5-9(10)13(18)19;1-9(2)12(15)14-11(13(16)17)8-10-6-4-3-5-7-10;1-2-10(14)13(7-11(15)16)9-6-4-3-5-8(9)12(17)18;1-2-11(14)13-10(12(15)16)8-9-6-4-3-5-7-9;1-5(2)8(13)10-6(9(14)15)3-4-7(11)12;1-2-6(10)9-5(8(13)14)3-4-7(11)12/h3-6H,1,7H2,2H3,(H,15,16)(H,18,19);3-7,11H,1,8H2,2H3,(H,14,15)(H,16,17);2-6H,1,7H2,(H,15,16)(H,17,18);2-7,10H,1,8H2,(H,13,14)(H,15,16);6H,1,3-4H2,2H3,(H,10,13)(H,11,12)(H,14,15);2,5H,1,3-4H2,(H,9,10)(H,11,12)(H,13,14). The minimum atomic E-state index is -1.26. The summed E-state index contributed by atoms with van der Waals surface area (Å²) in [4.78, 5) is 177. The largest absolute Gasteiger partial charge is 0.481 e. The normalized spacial score (nSPS) is 10.8. The van der Waals surface area contributed by atoms with Gasteiger partial charge in [-0.25, -0.2) is 28.8 Å². The number of carbonyl (C=O) groups excluding carboxylic acids is 6. The Balaban J connectivity index is 0. The Kier molecular flexibility index (Phi) is 41.6. The van der Waals surface area contributed by atoms with E-state index in [2.05, 4.69) is 60.7 Å². The third-order valence-corrected chi connectivity index (χ3v) is 11.9. The number of hydrogen-bond acceptors (Lipinski definition) is 16. The van der Waals surface area contributed by atoms with E-state index in [0.29, 0.717) is 5.57 Å². The second-order valence-electron chi connectivity index (χ2n) is 20.0. The fourth-order valence-corrected chi connectivity index (χ4v) is 7.11. The first-order chi connectivity index (χ1) is 46.3. The Morgan fingerprint density at radius 1 is 0.384 bits per heavy atom. The van der Waals surface area contributed by atoms with Crippen molar-refractivity contribution in [3.63, 3.8) is 0 Å². The van der Waals surface area contributed by atoms with Crippen molar-refractivity contribution >= 4 is 107 Å². The number of para-hydroxylation sites is 2. The molecule has 0 saturated carbocycles. The molecule has 4 rings (SSSR count). The highest BCUT2D eigenvalue weighted by atomic mass is 16.4. The summed E-state index contributed by atoms with van der Waals surface area (Å²) in [5, 5.41) is 96.6. The smallest absolute Gasteiger partial charge is 0.337 e. The average molecular weight is 1380 g/mol. The van der Waals surface area contributed by atoms with Crippen molar-refractivity contribution in [2.24, 2.45) is 0 Å². The lowest BCUT2D eigenvalue weighted by Gasteiger charge is -2.22. The lowest BCUT2D eigenvalue weighted by atomic mass is 10.1. The van der Waals surface area contributed by atoms with Crippen LogP contribution in [0.25, 0.3) is 0 Å². The summed E-state index contributed by atoms with van der Waals surface area (Å²) in [6, 6.07) is 25.4. The van der Waals surface area contributed by atoms with Crippen LogP contribution in [0.4, 0.5) is 11.4 Å². The number of nitrogens with zero attached hydrogens (tertiary/aromatic N) is 2. The third-order valence-electron chi connectivity index (χ3n) is 11.9. The van der Waals surface area contributed by atoms with Gasteiger partial charge in [-0.3, -0.25) is 57.7 Å². The molecule has 530 valence electrons. The molecule has 99 heavy (non-hydrogen) atoms. The quantitative estimate of drug-likeness (QED) is 0.0303. The van der Waals surface area contributed by atoms with E-state index in [1.165, 1.54) is 69.3 Å². The number of nitrogens with one attached hydrogen (secondary N) is 4. The zero-order valence-corrected chi connectivity index (χ0v) is 53.7. The predicted octanol–water partition coefficient (Wildman–Crippen LogP) is 4.33. The van der Waals surface area contributed by atoms with Crippen LogP contribution in [-0.2, 0) is 80.0 Å². The van der Waals surface area contributed by atoms with E-state index in [-0.39, 0.29) is 72.2 Å². The maximum Gasteiger partial charge on any atom is 0.337 e. The van der Waals surface area contributed by atoms with E-state index >= 15 is 0 Å². The highest BCUT2D eigenvalue weighted by molar-refractivity contribution is 6.10. The Labute approximate surface area is 565 Å². The van der Waals surface area contributed by atoms with E-state index in [4.69, 9.17) is 51.1 Å². The molecule has 0 aliphatic heterocycles. The molecule has 0 spiro atoms. The highest BCUT2D eigenvalue weighted by Crippen LogP contribution is 2.23. The summed E-state index contributed by atoms with van der Waals surface area (Å²) >= 11 is 0. The first kappa shape index (κ1) is 87.9. The fourth-order valence-electron chi connectivity index (χ4n) is 7.11. The van der Waals surface area contributed by atoms with Crippen LogP contribution in [0.15, 0.2) is 184 Å². The van der Waals surface area contributed by atoms with Crippen LogP contribution in [0.2, 0.25) is 0 Å². The molecule has 0 radical (unpaired) electrons. The number of hydrogen-bond donors (Lipinski definition) is 14. The lowest BCUT2D eigenvalue weighted by Crippen LogP contribution is -2.42. The van der Waals surface area contributed by atoms with E-state index in [9.17, 15) is 76.7 Å². The first-order valence-corrected chi connectivity index (χ1v) is 28.5. The Morgan fingerprint density at radius 3 is 0.990 bits per heavy atom. The minimum Gasteiger partial charge on any atom is -0.481 e. The first-order valence-electron chi connectivity index (χ1n) is 28.5. The van der Waals surface area contributed by atoms with Crippen molar-refractivity contribution < 1.29 is 128 Å². The molecule has 32 nitrogen and oxygen atoms in total. The number of benzene rings is 4. The van der Waals surface area contributed by atoms with E-state index in [1.807, 2.05) is 60.7 Å². The molecule has 14 N–H and O–H groups in total. The maximum atomic E-state index is 11.9. The van der Waals surface area contributed by atoms with Crippen LogP contribution in [0.1, 0.15) is 78.3 Å². The molecule has 4 aromatic rings. The average Bonchev–Trinajstić information content (AvgIpc) is 0.832. The van der Waals surface area contributed by atoms with Crippen LogP contribution >= 0.6 is 0 Å². The number of carbonyl (C=O) groups is 16. The van der Waals surface area contributed by atoms with Crippen LogP contribution < -0.4 is 31.1 Å². The van der Waals surface area contributed by atoms with Gasteiger partial charge in [-0.05, 0) is 87.2 Å². The number of aromatic carboxylic acids is 2. The molecular weight excluding hydrogens is 1300 g/mol. The molecular formula is C67H76N6O26. The predicted molar refractivity (Wildman–Crippen MR) is 354 cm³/mol. The summed E-state index contributed by atoms with van der Waals surface area (Å²) in [7, 11) is 0. The number of rotatable bonds is 32. The number of aliphatic carboxylic acids is 8. The van der Waals surface area contributed by atoms with Crippen molar-refractivity contribution in [3.05, 3.63) is 206 Å². The summed E-state index contributed by atoms with van der Waals surface area (Å²) in [6.45, 7) is 23.1. The molecule has 0 heterocycles. The van der Waals surface area contributed by atoms with E-state index in [0.717, 1.165) is 39.2 Å². The SMILES string of the molecule is C=C(C)C(=O)N(CC(=O)O)c1ccccc1C(=O)O.C=C(C)C(=O)NC(CCC(=O)O)C(=O)O.C=C(C)C(=O)NC(Cc1ccccc1)C(=O)O.C=CC(=O)N(CC(=O)O)c1ccccc1C(=O)O.C=CC(=O)NC(CCC(=O)O)C(=O)O.C=CC(=O)NC(Cc1ccccc1)C(=O)O. The third kappa shape index (κ3) is 37.4. The summed E-state index contributed by atoms with van der Waals surface area (Å²) < 4.78 is 0. The zero-order valence-electron chi connectivity index (χ0n) is 53.7. The molecule has 0 fully saturated rings. The van der Waals surface area contributed by atoms with Gasteiger partial charge in [0.2, 0.25) is 23.6 Å².